The summed E-state index contributed by atoms with van der Waals surface area (Å²) in [7, 11) is 0. The summed E-state index contributed by atoms with van der Waals surface area (Å²) in [5.41, 5.74) is 3.45. The molecule has 110 valence electrons. The van der Waals surface area contributed by atoms with Gasteiger partial charge in [-0.05, 0) is 30.5 Å². The fourth-order valence-electron chi connectivity index (χ4n) is 2.28. The summed E-state index contributed by atoms with van der Waals surface area (Å²) in [4.78, 5) is 10.7. The summed E-state index contributed by atoms with van der Waals surface area (Å²) in [5.74, 6) is 0. The van der Waals surface area contributed by atoms with E-state index in [0.29, 0.717) is 0 Å². The fraction of sp³-hybridized carbons (Fsp3) is 0.375. The molecule has 3 aromatic rings. The predicted molar refractivity (Wildman–Crippen MR) is 92.1 cm³/mol. The van der Waals surface area contributed by atoms with Crippen LogP contribution in [-0.4, -0.2) is 16.5 Å². The Kier molecular flexibility index (Phi) is 4.63. The van der Waals surface area contributed by atoms with E-state index in [1.54, 1.807) is 22.7 Å². The molecule has 0 fully saturated rings. The number of fused-ring (bicyclic) bond motifs is 1. The lowest BCUT2D eigenvalue weighted by molar-refractivity contribution is 0.723. The highest BCUT2D eigenvalue weighted by Gasteiger charge is 2.12. The maximum absolute atomic E-state index is 4.86. The van der Waals surface area contributed by atoms with Gasteiger partial charge in [-0.1, -0.05) is 20.3 Å². The van der Waals surface area contributed by atoms with Crippen LogP contribution in [-0.2, 0) is 13.0 Å². The van der Waals surface area contributed by atoms with E-state index in [9.17, 15) is 0 Å². The molecule has 0 aliphatic heterocycles. The monoisotopic (exact) mass is 317 g/mol. The molecule has 0 aromatic carbocycles. The van der Waals surface area contributed by atoms with Crippen LogP contribution in [0.25, 0.3) is 20.8 Å². The molecule has 0 atom stereocenters. The van der Waals surface area contributed by atoms with Crippen LogP contribution >= 0.6 is 22.7 Å². The number of thiazole rings is 1. The summed E-state index contributed by atoms with van der Waals surface area (Å²) in [6, 6.07) is 4.27. The molecule has 0 spiro atoms. The van der Waals surface area contributed by atoms with Crippen molar-refractivity contribution in [3.8, 4) is 10.6 Å². The zero-order valence-electron chi connectivity index (χ0n) is 12.3. The topological polar surface area (TPSA) is 37.8 Å². The van der Waals surface area contributed by atoms with Gasteiger partial charge in [0.1, 0.15) is 5.01 Å². The molecule has 0 amide bonds. The smallest absolute Gasteiger partial charge is 0.125 e. The Morgan fingerprint density at radius 2 is 2.19 bits per heavy atom. The molecule has 0 radical (unpaired) electrons. The lowest BCUT2D eigenvalue weighted by Gasteiger charge is -2.00. The van der Waals surface area contributed by atoms with Crippen LogP contribution < -0.4 is 5.32 Å². The Balaban J connectivity index is 1.96. The van der Waals surface area contributed by atoms with Crippen molar-refractivity contribution in [3.63, 3.8) is 0 Å². The second kappa shape index (κ2) is 6.64. The SMILES string of the molecule is CCCc1nc(-c2cnc3ccsc3c2)sc1CNCC. The van der Waals surface area contributed by atoms with Crippen LogP contribution in [0.5, 0.6) is 0 Å². The first-order valence-corrected chi connectivity index (χ1v) is 9.04. The summed E-state index contributed by atoms with van der Waals surface area (Å²) in [5, 5.41) is 6.59. The zero-order valence-corrected chi connectivity index (χ0v) is 14.0. The van der Waals surface area contributed by atoms with Crippen LogP contribution in [0.1, 0.15) is 30.8 Å². The second-order valence-corrected chi connectivity index (χ2v) is 6.98. The van der Waals surface area contributed by atoms with Crippen molar-refractivity contribution < 1.29 is 0 Å². The number of aryl methyl sites for hydroxylation is 1. The van der Waals surface area contributed by atoms with Crippen molar-refractivity contribution in [1.82, 2.24) is 15.3 Å². The molecule has 0 saturated carbocycles. The van der Waals surface area contributed by atoms with Crippen molar-refractivity contribution in [3.05, 3.63) is 34.3 Å². The van der Waals surface area contributed by atoms with Gasteiger partial charge in [-0.3, -0.25) is 4.98 Å². The van der Waals surface area contributed by atoms with Gasteiger partial charge in [0.25, 0.3) is 0 Å². The number of rotatable bonds is 6. The third-order valence-corrected chi connectivity index (χ3v) is 5.35. The lowest BCUT2D eigenvalue weighted by Crippen LogP contribution is -2.11. The minimum Gasteiger partial charge on any atom is -0.312 e. The molecule has 5 heteroatoms. The highest BCUT2D eigenvalue weighted by molar-refractivity contribution is 7.17. The van der Waals surface area contributed by atoms with Gasteiger partial charge in [-0.25, -0.2) is 4.98 Å². The van der Waals surface area contributed by atoms with Crippen molar-refractivity contribution in [2.75, 3.05) is 6.54 Å². The molecule has 0 saturated heterocycles. The van der Waals surface area contributed by atoms with Crippen LogP contribution in [0.15, 0.2) is 23.7 Å². The first kappa shape index (κ1) is 14.6. The Morgan fingerprint density at radius 1 is 1.29 bits per heavy atom. The van der Waals surface area contributed by atoms with Gasteiger partial charge in [0.15, 0.2) is 0 Å². The fourth-order valence-corrected chi connectivity index (χ4v) is 4.12. The van der Waals surface area contributed by atoms with Gasteiger partial charge in [0, 0.05) is 23.2 Å². The Bertz CT molecular complexity index is 730. The van der Waals surface area contributed by atoms with Gasteiger partial charge in [-0.15, -0.1) is 22.7 Å². The van der Waals surface area contributed by atoms with Crippen LogP contribution in [0.3, 0.4) is 0 Å². The van der Waals surface area contributed by atoms with Crippen LogP contribution in [0.4, 0.5) is 0 Å². The van der Waals surface area contributed by atoms with E-state index in [-0.39, 0.29) is 0 Å². The van der Waals surface area contributed by atoms with E-state index in [4.69, 9.17) is 4.98 Å². The quantitative estimate of drug-likeness (QED) is 0.728. The van der Waals surface area contributed by atoms with E-state index in [2.05, 4.69) is 41.7 Å². The number of nitrogens with one attached hydrogen (secondary N) is 1. The summed E-state index contributed by atoms with van der Waals surface area (Å²) < 4.78 is 1.23. The molecule has 0 aliphatic rings. The molecule has 3 nitrogen and oxygen atoms in total. The van der Waals surface area contributed by atoms with E-state index in [0.717, 1.165) is 42.0 Å². The Morgan fingerprint density at radius 3 is 3.00 bits per heavy atom. The molecule has 21 heavy (non-hydrogen) atoms. The number of thiophene rings is 1. The highest BCUT2D eigenvalue weighted by Crippen LogP contribution is 2.31. The molecule has 0 bridgehead atoms. The van der Waals surface area contributed by atoms with Crippen LogP contribution in [0, 0.1) is 0 Å². The maximum atomic E-state index is 4.86. The third kappa shape index (κ3) is 3.15. The van der Waals surface area contributed by atoms with E-state index >= 15 is 0 Å². The lowest BCUT2D eigenvalue weighted by atomic mass is 10.2. The molecule has 3 heterocycles. The van der Waals surface area contributed by atoms with Crippen molar-refractivity contribution in [2.24, 2.45) is 0 Å². The molecular weight excluding hydrogens is 298 g/mol. The van der Waals surface area contributed by atoms with Gasteiger partial charge in [0.05, 0.1) is 15.9 Å². The number of hydrogen-bond acceptors (Lipinski definition) is 5. The summed E-state index contributed by atoms with van der Waals surface area (Å²) >= 11 is 3.53. The summed E-state index contributed by atoms with van der Waals surface area (Å²) in [6.07, 6.45) is 4.12. The number of pyridine rings is 1. The Hall–Kier alpha value is -1.30. The first-order chi connectivity index (χ1) is 10.3. The van der Waals surface area contributed by atoms with Crippen molar-refractivity contribution in [1.29, 1.82) is 0 Å². The van der Waals surface area contributed by atoms with Crippen LogP contribution in [0.2, 0.25) is 0 Å². The largest absolute Gasteiger partial charge is 0.312 e. The van der Waals surface area contributed by atoms with Gasteiger partial charge < -0.3 is 5.32 Å². The van der Waals surface area contributed by atoms with Gasteiger partial charge >= 0.3 is 0 Å². The van der Waals surface area contributed by atoms with E-state index in [1.807, 2.05) is 6.20 Å². The molecular formula is C16H19N3S2. The van der Waals surface area contributed by atoms with Crippen molar-refractivity contribution >= 4 is 32.9 Å². The number of hydrogen-bond donors (Lipinski definition) is 1. The molecule has 3 rings (SSSR count). The second-order valence-electron chi connectivity index (χ2n) is 4.95. The minimum absolute atomic E-state index is 0.915. The first-order valence-electron chi connectivity index (χ1n) is 7.34. The number of aromatic nitrogens is 2. The van der Waals surface area contributed by atoms with Crippen molar-refractivity contribution in [2.45, 2.75) is 33.2 Å². The molecule has 3 aromatic heterocycles. The molecule has 0 unspecified atom stereocenters. The van der Waals surface area contributed by atoms with E-state index < -0.39 is 0 Å². The standard InChI is InChI=1S/C16H19N3S2/c1-3-5-13-15(10-17-4-2)21-16(19-13)11-8-14-12(18-9-11)6-7-20-14/h6-9,17H,3-5,10H2,1-2H3. The maximum Gasteiger partial charge on any atom is 0.125 e. The molecule has 0 aliphatic carbocycles. The minimum atomic E-state index is 0.915. The number of nitrogens with zero attached hydrogens (tertiary/aromatic N) is 2. The van der Waals surface area contributed by atoms with E-state index in [1.165, 1.54) is 15.3 Å². The average Bonchev–Trinajstić information content (AvgIpc) is 3.11. The van der Waals surface area contributed by atoms with Gasteiger partial charge in [-0.2, -0.15) is 0 Å². The Labute approximate surface area is 133 Å². The average molecular weight is 317 g/mol. The zero-order chi connectivity index (χ0) is 14.7. The normalized spacial score (nSPS) is 11.3. The predicted octanol–water partition coefficient (Wildman–Crippen LogP) is 4.48. The summed E-state index contributed by atoms with van der Waals surface area (Å²) in [6.45, 7) is 6.24. The third-order valence-electron chi connectivity index (χ3n) is 3.35. The molecule has 1 N–H and O–H groups in total. The highest BCUT2D eigenvalue weighted by atomic mass is 32.1. The van der Waals surface area contributed by atoms with Gasteiger partial charge in [0.2, 0.25) is 0 Å².